The third-order valence-corrected chi connectivity index (χ3v) is 2.94. The van der Waals surface area contributed by atoms with Gasteiger partial charge in [0.15, 0.2) is 0 Å². The van der Waals surface area contributed by atoms with Gasteiger partial charge < -0.3 is 15.0 Å². The third-order valence-electron chi connectivity index (χ3n) is 2.94. The average molecular weight is 298 g/mol. The van der Waals surface area contributed by atoms with Gasteiger partial charge in [-0.3, -0.25) is 4.79 Å². The van der Waals surface area contributed by atoms with E-state index in [-0.39, 0.29) is 12.2 Å². The molecule has 1 aromatic heterocycles. The number of alkyl carbamates (subject to hydrolysis) is 1. The van der Waals surface area contributed by atoms with Crippen LogP contribution in [0.1, 0.15) is 17.5 Å². The highest BCUT2D eigenvalue weighted by atomic mass is 16.5. The van der Waals surface area contributed by atoms with Crippen LogP contribution >= 0.6 is 0 Å². The fraction of sp³-hybridized carbons (Fsp3) is 0.176. The minimum Gasteiger partial charge on any atom is -0.445 e. The van der Waals surface area contributed by atoms with E-state index in [1.807, 2.05) is 36.4 Å². The van der Waals surface area contributed by atoms with E-state index < -0.39 is 6.09 Å². The van der Waals surface area contributed by atoms with Gasteiger partial charge in [-0.15, -0.1) is 0 Å². The van der Waals surface area contributed by atoms with E-state index in [1.54, 1.807) is 24.4 Å². The van der Waals surface area contributed by atoms with Crippen molar-refractivity contribution in [2.24, 2.45) is 0 Å². The van der Waals surface area contributed by atoms with Gasteiger partial charge in [-0.05, 0) is 24.1 Å². The van der Waals surface area contributed by atoms with Crippen molar-refractivity contribution >= 4 is 12.2 Å². The number of amides is 1. The molecule has 1 heterocycles. The molecule has 0 aliphatic heterocycles. The van der Waals surface area contributed by atoms with Crippen molar-refractivity contribution in [1.82, 2.24) is 10.3 Å². The number of carbonyl (C=O) groups is 1. The molecule has 0 fully saturated rings. The highest BCUT2D eigenvalue weighted by Crippen LogP contribution is 2.00. The van der Waals surface area contributed by atoms with Crippen LogP contribution in [0.25, 0.3) is 6.08 Å². The van der Waals surface area contributed by atoms with E-state index >= 15 is 0 Å². The molecule has 5 heteroatoms. The Bertz CT molecular complexity index is 678. The predicted octanol–water partition coefficient (Wildman–Crippen LogP) is 2.70. The van der Waals surface area contributed by atoms with Crippen molar-refractivity contribution in [1.29, 1.82) is 0 Å². The van der Waals surface area contributed by atoms with Crippen LogP contribution in [0.3, 0.4) is 0 Å². The van der Waals surface area contributed by atoms with Gasteiger partial charge in [0.2, 0.25) is 0 Å². The number of benzene rings is 1. The third kappa shape index (κ3) is 5.28. The minimum atomic E-state index is -0.449. The van der Waals surface area contributed by atoms with Crippen LogP contribution in [0.5, 0.6) is 0 Å². The lowest BCUT2D eigenvalue weighted by Gasteiger charge is -2.05. The Morgan fingerprint density at radius 3 is 2.77 bits per heavy atom. The first-order valence-corrected chi connectivity index (χ1v) is 7.04. The first-order valence-electron chi connectivity index (χ1n) is 7.04. The van der Waals surface area contributed by atoms with Crippen LogP contribution in [0.2, 0.25) is 0 Å². The van der Waals surface area contributed by atoms with Crippen LogP contribution < -0.4 is 10.9 Å². The highest BCUT2D eigenvalue weighted by Gasteiger charge is 2.00. The molecule has 2 aromatic rings. The van der Waals surface area contributed by atoms with Gasteiger partial charge in [-0.25, -0.2) is 4.79 Å². The molecule has 0 atom stereocenters. The van der Waals surface area contributed by atoms with Crippen molar-refractivity contribution in [3.63, 3.8) is 0 Å². The maximum atomic E-state index is 11.5. The molecule has 0 bridgehead atoms. The fourth-order valence-corrected chi connectivity index (χ4v) is 1.81. The second-order valence-electron chi connectivity index (χ2n) is 4.63. The van der Waals surface area contributed by atoms with Crippen molar-refractivity contribution in [3.05, 3.63) is 76.2 Å². The summed E-state index contributed by atoms with van der Waals surface area (Å²) in [6.07, 6.45) is 5.33. The molecular weight excluding hydrogens is 280 g/mol. The van der Waals surface area contributed by atoms with Gasteiger partial charge in [0.1, 0.15) is 6.61 Å². The number of aromatic amines is 1. The SMILES string of the molecule is O=C(NCCC=Cc1ccc[nH]c1=O)OCc1ccccc1. The smallest absolute Gasteiger partial charge is 0.407 e. The Labute approximate surface area is 128 Å². The molecule has 1 amide bonds. The quantitative estimate of drug-likeness (QED) is 0.805. The van der Waals surface area contributed by atoms with Crippen LogP contribution in [-0.2, 0) is 11.3 Å². The van der Waals surface area contributed by atoms with E-state index in [1.165, 1.54) is 0 Å². The number of aromatic nitrogens is 1. The zero-order chi connectivity index (χ0) is 15.6. The van der Waals surface area contributed by atoms with Gasteiger partial charge >= 0.3 is 6.09 Å². The maximum Gasteiger partial charge on any atom is 0.407 e. The zero-order valence-electron chi connectivity index (χ0n) is 12.1. The standard InChI is InChI=1S/C17H18N2O3/c20-16-15(10-6-12-18-16)9-4-5-11-19-17(21)22-13-14-7-2-1-3-8-14/h1-4,6-10,12H,5,11,13H2,(H,18,20)(H,19,21). The molecule has 0 spiro atoms. The van der Waals surface area contributed by atoms with Crippen molar-refractivity contribution in [2.45, 2.75) is 13.0 Å². The summed E-state index contributed by atoms with van der Waals surface area (Å²) >= 11 is 0. The number of pyridine rings is 1. The van der Waals surface area contributed by atoms with Gasteiger partial charge in [-0.1, -0.05) is 42.5 Å². The Kier molecular flexibility index (Phi) is 5.99. The summed E-state index contributed by atoms with van der Waals surface area (Å²) in [6.45, 7) is 0.705. The molecule has 0 aliphatic rings. The zero-order valence-corrected chi connectivity index (χ0v) is 12.1. The topological polar surface area (TPSA) is 71.2 Å². The number of hydrogen-bond acceptors (Lipinski definition) is 3. The van der Waals surface area contributed by atoms with E-state index in [2.05, 4.69) is 10.3 Å². The molecule has 0 aliphatic carbocycles. The lowest BCUT2D eigenvalue weighted by Crippen LogP contribution is -2.24. The van der Waals surface area contributed by atoms with Crippen molar-refractivity contribution < 1.29 is 9.53 Å². The molecule has 2 N–H and O–H groups in total. The Hall–Kier alpha value is -2.82. The normalized spacial score (nSPS) is 10.5. The van der Waals surface area contributed by atoms with Gasteiger partial charge in [-0.2, -0.15) is 0 Å². The molecule has 0 saturated heterocycles. The molecule has 0 unspecified atom stereocenters. The van der Waals surface area contributed by atoms with Crippen molar-refractivity contribution in [2.75, 3.05) is 6.54 Å². The Balaban J connectivity index is 1.65. The first kappa shape index (κ1) is 15.6. The summed E-state index contributed by atoms with van der Waals surface area (Å²) in [7, 11) is 0. The second-order valence-corrected chi connectivity index (χ2v) is 4.63. The lowest BCUT2D eigenvalue weighted by molar-refractivity contribution is 0.140. The fourth-order valence-electron chi connectivity index (χ4n) is 1.81. The Morgan fingerprint density at radius 1 is 1.18 bits per heavy atom. The van der Waals surface area contributed by atoms with Crippen LogP contribution in [0.4, 0.5) is 4.79 Å². The summed E-state index contributed by atoms with van der Waals surface area (Å²) in [6, 6.07) is 13.0. The first-order chi connectivity index (χ1) is 10.8. The summed E-state index contributed by atoms with van der Waals surface area (Å²) in [4.78, 5) is 25.5. The number of nitrogens with one attached hydrogen (secondary N) is 2. The molecule has 0 radical (unpaired) electrons. The summed E-state index contributed by atoms with van der Waals surface area (Å²) in [5.74, 6) is 0. The molecule has 1 aromatic carbocycles. The van der Waals surface area contributed by atoms with E-state index in [4.69, 9.17) is 4.74 Å². The number of hydrogen-bond donors (Lipinski definition) is 2. The molecule has 0 saturated carbocycles. The largest absolute Gasteiger partial charge is 0.445 e. The highest BCUT2D eigenvalue weighted by molar-refractivity contribution is 5.67. The predicted molar refractivity (Wildman–Crippen MR) is 85.3 cm³/mol. The van der Waals surface area contributed by atoms with Gasteiger partial charge in [0.05, 0.1) is 0 Å². The number of carbonyl (C=O) groups excluding carboxylic acids is 1. The monoisotopic (exact) mass is 298 g/mol. The van der Waals surface area contributed by atoms with E-state index in [0.29, 0.717) is 18.5 Å². The molecule has 22 heavy (non-hydrogen) atoms. The summed E-state index contributed by atoms with van der Waals surface area (Å²) < 4.78 is 5.08. The van der Waals surface area contributed by atoms with E-state index in [0.717, 1.165) is 5.56 Å². The van der Waals surface area contributed by atoms with Crippen LogP contribution in [-0.4, -0.2) is 17.6 Å². The average Bonchev–Trinajstić information content (AvgIpc) is 2.55. The summed E-state index contributed by atoms with van der Waals surface area (Å²) in [5.41, 5.74) is 1.41. The van der Waals surface area contributed by atoms with E-state index in [9.17, 15) is 9.59 Å². The van der Waals surface area contributed by atoms with Gasteiger partial charge in [0.25, 0.3) is 5.56 Å². The number of ether oxygens (including phenoxy) is 1. The van der Waals surface area contributed by atoms with Gasteiger partial charge in [0, 0.05) is 18.3 Å². The molecular formula is C17H18N2O3. The summed E-state index contributed by atoms with van der Waals surface area (Å²) in [5, 5.41) is 2.66. The molecule has 2 rings (SSSR count). The maximum absolute atomic E-state index is 11.5. The van der Waals surface area contributed by atoms with Crippen LogP contribution in [0, 0.1) is 0 Å². The second kappa shape index (κ2) is 8.46. The lowest BCUT2D eigenvalue weighted by atomic mass is 10.2. The number of rotatable bonds is 6. The van der Waals surface area contributed by atoms with Crippen LogP contribution in [0.15, 0.2) is 59.5 Å². The Morgan fingerprint density at radius 2 is 2.00 bits per heavy atom. The minimum absolute atomic E-state index is 0.131. The molecule has 114 valence electrons. The molecule has 5 nitrogen and oxygen atoms in total. The number of H-pyrrole nitrogens is 1. The van der Waals surface area contributed by atoms with Crippen molar-refractivity contribution in [3.8, 4) is 0 Å².